The summed E-state index contributed by atoms with van der Waals surface area (Å²) in [5.74, 6) is -0.491. The van der Waals surface area contributed by atoms with Gasteiger partial charge in [-0.25, -0.2) is 14.8 Å². The number of carboxylic acids is 1. The summed E-state index contributed by atoms with van der Waals surface area (Å²) >= 11 is 1.26. The first kappa shape index (κ1) is 12.3. The molecule has 0 aromatic carbocycles. The fourth-order valence-electron chi connectivity index (χ4n) is 1.34. The number of rotatable bonds is 5. The topological polar surface area (TPSA) is 84.3 Å². The van der Waals surface area contributed by atoms with Crippen LogP contribution in [0.25, 0.3) is 0 Å². The molecule has 0 fully saturated rings. The molecule has 2 rings (SSSR count). The third-order valence-corrected chi connectivity index (χ3v) is 3.01. The van der Waals surface area contributed by atoms with Crippen LogP contribution in [0.5, 0.6) is 5.88 Å². The number of carbonyl (C=O) groups is 1. The first-order valence-electron chi connectivity index (χ1n) is 5.10. The van der Waals surface area contributed by atoms with Crippen molar-refractivity contribution in [2.75, 3.05) is 12.4 Å². The van der Waals surface area contributed by atoms with E-state index in [4.69, 9.17) is 9.84 Å². The van der Waals surface area contributed by atoms with E-state index >= 15 is 0 Å². The standard InChI is InChI=1S/C11H11N3O3S/c1-17-8-3-2-7(4-12-8)5-13-10-9(11(15)16)14-6-18-10/h2-4,6,13H,5H2,1H3,(H,15,16). The van der Waals surface area contributed by atoms with Crippen LogP contribution in [0.15, 0.2) is 23.8 Å². The molecule has 2 heterocycles. The Balaban J connectivity index is 2.02. The van der Waals surface area contributed by atoms with Crippen LogP contribution in [-0.2, 0) is 6.54 Å². The van der Waals surface area contributed by atoms with Crippen LogP contribution in [0, 0.1) is 0 Å². The monoisotopic (exact) mass is 265 g/mol. The van der Waals surface area contributed by atoms with Gasteiger partial charge in [-0.15, -0.1) is 11.3 Å². The number of ether oxygens (including phenoxy) is 1. The Morgan fingerprint density at radius 2 is 2.33 bits per heavy atom. The van der Waals surface area contributed by atoms with Crippen LogP contribution in [0.1, 0.15) is 16.1 Å². The van der Waals surface area contributed by atoms with Crippen molar-refractivity contribution in [3.05, 3.63) is 35.1 Å². The Morgan fingerprint density at radius 3 is 2.94 bits per heavy atom. The first-order chi connectivity index (χ1) is 8.70. The van der Waals surface area contributed by atoms with E-state index in [-0.39, 0.29) is 5.69 Å². The largest absolute Gasteiger partial charge is 0.481 e. The second-order valence-electron chi connectivity index (χ2n) is 3.40. The first-order valence-corrected chi connectivity index (χ1v) is 5.98. The molecular formula is C11H11N3O3S. The number of pyridine rings is 1. The van der Waals surface area contributed by atoms with E-state index in [9.17, 15) is 4.79 Å². The minimum absolute atomic E-state index is 0.0430. The third-order valence-electron chi connectivity index (χ3n) is 2.23. The van der Waals surface area contributed by atoms with Gasteiger partial charge in [0.05, 0.1) is 12.6 Å². The molecule has 2 aromatic heterocycles. The SMILES string of the molecule is COc1ccc(CNc2scnc2C(=O)O)cn1. The quantitative estimate of drug-likeness (QED) is 0.858. The molecule has 0 radical (unpaired) electrons. The van der Waals surface area contributed by atoms with Gasteiger partial charge in [-0.3, -0.25) is 0 Å². The summed E-state index contributed by atoms with van der Waals surface area (Å²) in [6.07, 6.45) is 1.67. The lowest BCUT2D eigenvalue weighted by Crippen LogP contribution is -2.05. The normalized spacial score (nSPS) is 10.1. The Labute approximate surface area is 107 Å². The number of thiazole rings is 1. The maximum atomic E-state index is 10.9. The summed E-state index contributed by atoms with van der Waals surface area (Å²) < 4.78 is 4.95. The van der Waals surface area contributed by atoms with Gasteiger partial charge >= 0.3 is 5.97 Å². The molecule has 0 aliphatic heterocycles. The predicted molar refractivity (Wildman–Crippen MR) is 67.2 cm³/mol. The highest BCUT2D eigenvalue weighted by molar-refractivity contribution is 7.14. The molecule has 0 aliphatic rings. The summed E-state index contributed by atoms with van der Waals surface area (Å²) in [5, 5.41) is 12.5. The molecule has 7 heteroatoms. The van der Waals surface area contributed by atoms with Crippen LogP contribution in [0.2, 0.25) is 0 Å². The van der Waals surface area contributed by atoms with Crippen LogP contribution >= 0.6 is 11.3 Å². The Kier molecular flexibility index (Phi) is 3.73. The fraction of sp³-hybridized carbons (Fsp3) is 0.182. The second-order valence-corrected chi connectivity index (χ2v) is 4.25. The van der Waals surface area contributed by atoms with E-state index in [1.165, 1.54) is 16.8 Å². The third kappa shape index (κ3) is 2.75. The summed E-state index contributed by atoms with van der Waals surface area (Å²) in [6, 6.07) is 3.61. The minimum Gasteiger partial charge on any atom is -0.481 e. The number of methoxy groups -OCH3 is 1. The number of aromatic carboxylic acids is 1. The van der Waals surface area contributed by atoms with Gasteiger partial charge in [0.2, 0.25) is 5.88 Å². The summed E-state index contributed by atoms with van der Waals surface area (Å²) in [4.78, 5) is 18.7. The maximum Gasteiger partial charge on any atom is 0.357 e. The highest BCUT2D eigenvalue weighted by Gasteiger charge is 2.12. The number of anilines is 1. The Hall–Kier alpha value is -2.15. The number of carboxylic acid groups (broad SMARTS) is 1. The zero-order valence-electron chi connectivity index (χ0n) is 9.58. The highest BCUT2D eigenvalue weighted by atomic mass is 32.1. The molecule has 0 saturated heterocycles. The lowest BCUT2D eigenvalue weighted by atomic mass is 10.3. The number of hydrogen-bond acceptors (Lipinski definition) is 6. The molecular weight excluding hydrogens is 254 g/mol. The van der Waals surface area contributed by atoms with Crippen molar-refractivity contribution in [3.8, 4) is 5.88 Å². The number of hydrogen-bond donors (Lipinski definition) is 2. The number of aromatic nitrogens is 2. The van der Waals surface area contributed by atoms with E-state index in [0.717, 1.165) is 5.56 Å². The van der Waals surface area contributed by atoms with Crippen molar-refractivity contribution in [1.29, 1.82) is 0 Å². The van der Waals surface area contributed by atoms with Crippen molar-refractivity contribution in [3.63, 3.8) is 0 Å². The average Bonchev–Trinajstić information content (AvgIpc) is 2.85. The van der Waals surface area contributed by atoms with Crippen molar-refractivity contribution in [2.24, 2.45) is 0 Å². The van der Waals surface area contributed by atoms with Gasteiger partial charge in [0.15, 0.2) is 5.69 Å². The lowest BCUT2D eigenvalue weighted by molar-refractivity contribution is 0.0692. The smallest absolute Gasteiger partial charge is 0.357 e. The van der Waals surface area contributed by atoms with Gasteiger partial charge in [-0.05, 0) is 5.56 Å². The molecule has 0 spiro atoms. The van der Waals surface area contributed by atoms with E-state index in [2.05, 4.69) is 15.3 Å². The van der Waals surface area contributed by atoms with Crippen molar-refractivity contribution >= 4 is 22.3 Å². The minimum atomic E-state index is -1.04. The van der Waals surface area contributed by atoms with E-state index in [1.807, 2.05) is 6.07 Å². The van der Waals surface area contributed by atoms with E-state index < -0.39 is 5.97 Å². The molecule has 0 bridgehead atoms. The molecule has 6 nitrogen and oxygen atoms in total. The number of nitrogens with zero attached hydrogens (tertiary/aromatic N) is 2. The predicted octanol–water partition coefficient (Wildman–Crippen LogP) is 1.86. The molecule has 94 valence electrons. The van der Waals surface area contributed by atoms with Gasteiger partial charge < -0.3 is 15.2 Å². The zero-order valence-corrected chi connectivity index (χ0v) is 10.4. The second kappa shape index (κ2) is 5.46. The number of nitrogens with one attached hydrogen (secondary N) is 1. The van der Waals surface area contributed by atoms with Crippen molar-refractivity contribution < 1.29 is 14.6 Å². The molecule has 2 aromatic rings. The molecule has 2 N–H and O–H groups in total. The van der Waals surface area contributed by atoms with Crippen LogP contribution in [-0.4, -0.2) is 28.2 Å². The van der Waals surface area contributed by atoms with Crippen LogP contribution in [0.3, 0.4) is 0 Å². The molecule has 0 unspecified atom stereocenters. The van der Waals surface area contributed by atoms with E-state index in [1.54, 1.807) is 19.4 Å². The molecule has 0 aliphatic carbocycles. The van der Waals surface area contributed by atoms with Gasteiger partial charge in [-0.1, -0.05) is 6.07 Å². The van der Waals surface area contributed by atoms with Crippen molar-refractivity contribution in [1.82, 2.24) is 9.97 Å². The average molecular weight is 265 g/mol. The van der Waals surface area contributed by atoms with Gasteiger partial charge in [0, 0.05) is 18.8 Å². The molecule has 18 heavy (non-hydrogen) atoms. The molecule has 0 saturated carbocycles. The zero-order chi connectivity index (χ0) is 13.0. The van der Waals surface area contributed by atoms with Gasteiger partial charge in [0.25, 0.3) is 0 Å². The fourth-order valence-corrected chi connectivity index (χ4v) is 2.01. The maximum absolute atomic E-state index is 10.9. The van der Waals surface area contributed by atoms with E-state index in [0.29, 0.717) is 17.4 Å². The highest BCUT2D eigenvalue weighted by Crippen LogP contribution is 2.21. The molecule has 0 amide bonds. The van der Waals surface area contributed by atoms with Crippen molar-refractivity contribution in [2.45, 2.75) is 6.54 Å². The summed E-state index contributed by atoms with van der Waals surface area (Å²) in [5.41, 5.74) is 2.47. The Morgan fingerprint density at radius 1 is 1.50 bits per heavy atom. The summed E-state index contributed by atoms with van der Waals surface area (Å²) in [7, 11) is 1.55. The van der Waals surface area contributed by atoms with Crippen LogP contribution < -0.4 is 10.1 Å². The van der Waals surface area contributed by atoms with Gasteiger partial charge in [0.1, 0.15) is 5.00 Å². The van der Waals surface area contributed by atoms with Gasteiger partial charge in [-0.2, -0.15) is 0 Å². The Bertz CT molecular complexity index is 539. The lowest BCUT2D eigenvalue weighted by Gasteiger charge is -2.05. The molecule has 0 atom stereocenters. The summed E-state index contributed by atoms with van der Waals surface area (Å²) in [6.45, 7) is 0.486. The van der Waals surface area contributed by atoms with Crippen LogP contribution in [0.4, 0.5) is 5.00 Å².